The van der Waals surface area contributed by atoms with E-state index in [4.69, 9.17) is 5.11 Å². The number of carbonyl (C=O) groups is 1. The normalized spacial score (nSPS) is 18.7. The van der Waals surface area contributed by atoms with Gasteiger partial charge in [-0.1, -0.05) is 30.9 Å². The zero-order valence-corrected chi connectivity index (χ0v) is 10.5. The van der Waals surface area contributed by atoms with Gasteiger partial charge in [0, 0.05) is 25.1 Å². The molecule has 0 aliphatic carbocycles. The summed E-state index contributed by atoms with van der Waals surface area (Å²) in [6.45, 7) is 3.51. The highest BCUT2D eigenvalue weighted by atomic mass is 16.2. The molecule has 1 aromatic carbocycles. The maximum Gasteiger partial charge on any atom is 0.223 e. The first kappa shape index (κ1) is 12.7. The Hall–Kier alpha value is -1.79. The monoisotopic (exact) mass is 243 g/mol. The number of aliphatic hydroxyl groups excluding tert-OH is 1. The molecule has 0 radical (unpaired) electrons. The molecule has 94 valence electrons. The molecule has 0 aromatic heterocycles. The largest absolute Gasteiger partial charge is 0.384 e. The number of hydrogen-bond donors (Lipinski definition) is 1. The van der Waals surface area contributed by atoms with E-state index in [-0.39, 0.29) is 12.5 Å². The van der Waals surface area contributed by atoms with Crippen LogP contribution in [0.15, 0.2) is 24.3 Å². The SMILES string of the molecule is CC1CC(=O)N(Cc2ccc(C#CCO)cc2)C1. The zero-order chi connectivity index (χ0) is 13.0. The number of carbonyl (C=O) groups excluding carboxylic acids is 1. The first-order chi connectivity index (χ1) is 8.69. The van der Waals surface area contributed by atoms with Crippen LogP contribution >= 0.6 is 0 Å². The highest BCUT2D eigenvalue weighted by molar-refractivity contribution is 5.78. The molecule has 1 heterocycles. The summed E-state index contributed by atoms with van der Waals surface area (Å²) < 4.78 is 0. The van der Waals surface area contributed by atoms with E-state index in [1.54, 1.807) is 0 Å². The maximum absolute atomic E-state index is 11.7. The third-order valence-electron chi connectivity index (χ3n) is 3.05. The van der Waals surface area contributed by atoms with Gasteiger partial charge in [-0.3, -0.25) is 4.79 Å². The van der Waals surface area contributed by atoms with Crippen LogP contribution in [0.4, 0.5) is 0 Å². The van der Waals surface area contributed by atoms with Crippen molar-refractivity contribution < 1.29 is 9.90 Å². The summed E-state index contributed by atoms with van der Waals surface area (Å²) in [6, 6.07) is 7.80. The number of amides is 1. The van der Waals surface area contributed by atoms with Crippen LogP contribution < -0.4 is 0 Å². The molecular weight excluding hydrogens is 226 g/mol. The van der Waals surface area contributed by atoms with E-state index in [0.29, 0.717) is 18.9 Å². The summed E-state index contributed by atoms with van der Waals surface area (Å²) in [5, 5.41) is 8.61. The Balaban J connectivity index is 2.00. The Kier molecular flexibility index (Phi) is 4.01. The lowest BCUT2D eigenvalue weighted by atomic mass is 10.1. The van der Waals surface area contributed by atoms with Crippen molar-refractivity contribution in [3.63, 3.8) is 0 Å². The van der Waals surface area contributed by atoms with Gasteiger partial charge in [0.25, 0.3) is 0 Å². The van der Waals surface area contributed by atoms with Crippen molar-refractivity contribution in [3.05, 3.63) is 35.4 Å². The van der Waals surface area contributed by atoms with Crippen LogP contribution in [0.3, 0.4) is 0 Å². The summed E-state index contributed by atoms with van der Waals surface area (Å²) in [4.78, 5) is 13.6. The van der Waals surface area contributed by atoms with E-state index in [1.807, 2.05) is 29.2 Å². The van der Waals surface area contributed by atoms with Gasteiger partial charge in [0.05, 0.1) is 0 Å². The minimum atomic E-state index is -0.123. The third-order valence-corrected chi connectivity index (χ3v) is 3.05. The van der Waals surface area contributed by atoms with Gasteiger partial charge in [0.15, 0.2) is 0 Å². The van der Waals surface area contributed by atoms with Crippen LogP contribution in [0.2, 0.25) is 0 Å². The Morgan fingerprint density at radius 1 is 1.39 bits per heavy atom. The smallest absolute Gasteiger partial charge is 0.223 e. The topological polar surface area (TPSA) is 40.5 Å². The number of nitrogens with zero attached hydrogens (tertiary/aromatic N) is 1. The number of benzene rings is 1. The van der Waals surface area contributed by atoms with E-state index in [1.165, 1.54) is 0 Å². The van der Waals surface area contributed by atoms with Crippen molar-refractivity contribution in [1.29, 1.82) is 0 Å². The van der Waals surface area contributed by atoms with E-state index in [9.17, 15) is 4.79 Å². The third kappa shape index (κ3) is 3.12. The van der Waals surface area contributed by atoms with E-state index in [2.05, 4.69) is 18.8 Å². The van der Waals surface area contributed by atoms with Crippen molar-refractivity contribution >= 4 is 5.91 Å². The minimum Gasteiger partial charge on any atom is -0.384 e. The summed E-state index contributed by atoms with van der Waals surface area (Å²) in [6.07, 6.45) is 0.667. The molecule has 1 saturated heterocycles. The molecular formula is C15H17NO2. The van der Waals surface area contributed by atoms with E-state index in [0.717, 1.165) is 17.7 Å². The number of hydrogen-bond acceptors (Lipinski definition) is 2. The molecule has 0 spiro atoms. The van der Waals surface area contributed by atoms with Gasteiger partial charge in [-0.05, 0) is 23.6 Å². The quantitative estimate of drug-likeness (QED) is 0.798. The molecule has 1 unspecified atom stereocenters. The van der Waals surface area contributed by atoms with Gasteiger partial charge < -0.3 is 10.0 Å². The number of aliphatic hydroxyl groups is 1. The second-order valence-electron chi connectivity index (χ2n) is 4.74. The van der Waals surface area contributed by atoms with Crippen molar-refractivity contribution in [3.8, 4) is 11.8 Å². The van der Waals surface area contributed by atoms with E-state index >= 15 is 0 Å². The lowest BCUT2D eigenvalue weighted by Gasteiger charge is -2.16. The fourth-order valence-electron chi connectivity index (χ4n) is 2.18. The average molecular weight is 243 g/mol. The van der Waals surface area contributed by atoms with Crippen LogP contribution in [0.25, 0.3) is 0 Å². The summed E-state index contributed by atoms with van der Waals surface area (Å²) in [5.74, 6) is 6.17. The second-order valence-corrected chi connectivity index (χ2v) is 4.74. The Bertz CT molecular complexity index is 481. The molecule has 3 heteroatoms. The molecule has 3 nitrogen and oxygen atoms in total. The lowest BCUT2D eigenvalue weighted by molar-refractivity contribution is -0.128. The van der Waals surface area contributed by atoms with Crippen LogP contribution in [0.1, 0.15) is 24.5 Å². The molecule has 0 bridgehead atoms. The van der Waals surface area contributed by atoms with Crippen molar-refractivity contribution in [2.45, 2.75) is 19.9 Å². The van der Waals surface area contributed by atoms with Gasteiger partial charge in [0.1, 0.15) is 6.61 Å². The highest BCUT2D eigenvalue weighted by Crippen LogP contribution is 2.19. The molecule has 1 atom stereocenters. The maximum atomic E-state index is 11.7. The number of likely N-dealkylation sites (tertiary alicyclic amines) is 1. The molecule has 1 fully saturated rings. The van der Waals surface area contributed by atoms with Crippen LogP contribution in [-0.4, -0.2) is 29.1 Å². The van der Waals surface area contributed by atoms with Crippen LogP contribution in [0, 0.1) is 17.8 Å². The van der Waals surface area contributed by atoms with Crippen molar-refractivity contribution in [2.24, 2.45) is 5.92 Å². The fraction of sp³-hybridized carbons (Fsp3) is 0.400. The molecule has 1 aromatic rings. The summed E-state index contributed by atoms with van der Waals surface area (Å²) in [5.41, 5.74) is 2.00. The predicted molar refractivity (Wildman–Crippen MR) is 69.6 cm³/mol. The first-order valence-corrected chi connectivity index (χ1v) is 6.15. The molecule has 1 aliphatic rings. The number of rotatable bonds is 2. The second kappa shape index (κ2) is 5.70. The van der Waals surface area contributed by atoms with Gasteiger partial charge in [-0.2, -0.15) is 0 Å². The average Bonchev–Trinajstić information content (AvgIpc) is 2.67. The summed E-state index contributed by atoms with van der Waals surface area (Å²) >= 11 is 0. The Morgan fingerprint density at radius 3 is 2.67 bits per heavy atom. The minimum absolute atomic E-state index is 0.123. The van der Waals surface area contributed by atoms with Crippen LogP contribution in [0.5, 0.6) is 0 Å². The Morgan fingerprint density at radius 2 is 2.11 bits per heavy atom. The van der Waals surface area contributed by atoms with Gasteiger partial charge in [-0.25, -0.2) is 0 Å². The molecule has 1 aliphatic heterocycles. The van der Waals surface area contributed by atoms with Gasteiger partial charge in [0.2, 0.25) is 5.91 Å². The lowest BCUT2D eigenvalue weighted by Crippen LogP contribution is -2.24. The molecule has 1 amide bonds. The molecule has 18 heavy (non-hydrogen) atoms. The standard InChI is InChI=1S/C15H17NO2/c1-12-9-15(18)16(10-12)11-14-6-4-13(5-7-14)3-2-8-17/h4-7,12,17H,8-11H2,1H3. The van der Waals surface area contributed by atoms with E-state index < -0.39 is 0 Å². The van der Waals surface area contributed by atoms with Crippen LogP contribution in [-0.2, 0) is 11.3 Å². The summed E-state index contributed by atoms with van der Waals surface area (Å²) in [7, 11) is 0. The highest BCUT2D eigenvalue weighted by Gasteiger charge is 2.25. The molecule has 1 N–H and O–H groups in total. The predicted octanol–water partition coefficient (Wildman–Crippen LogP) is 1.40. The molecule has 0 saturated carbocycles. The van der Waals surface area contributed by atoms with Crippen molar-refractivity contribution in [2.75, 3.05) is 13.2 Å². The van der Waals surface area contributed by atoms with Gasteiger partial charge >= 0.3 is 0 Å². The molecule has 2 rings (SSSR count). The Labute approximate surface area is 107 Å². The zero-order valence-electron chi connectivity index (χ0n) is 10.5. The first-order valence-electron chi connectivity index (χ1n) is 6.15. The van der Waals surface area contributed by atoms with Crippen molar-refractivity contribution in [1.82, 2.24) is 4.90 Å². The fourth-order valence-corrected chi connectivity index (χ4v) is 2.18. The van der Waals surface area contributed by atoms with Gasteiger partial charge in [-0.15, -0.1) is 0 Å².